The molecule has 5 heavy (non-hydrogen) atoms. The van der Waals surface area contributed by atoms with Crippen LogP contribution < -0.4 is 11.1 Å². The van der Waals surface area contributed by atoms with Crippen molar-refractivity contribution < 1.29 is 0 Å². The van der Waals surface area contributed by atoms with E-state index in [4.69, 9.17) is 11.1 Å². The van der Waals surface area contributed by atoms with Crippen LogP contribution in [0.15, 0.2) is 6.08 Å². The summed E-state index contributed by atoms with van der Waals surface area (Å²) in [5.41, 5.74) is 4.86. The Morgan fingerprint density at radius 2 is 2.60 bits per heavy atom. The summed E-state index contributed by atoms with van der Waals surface area (Å²) < 4.78 is 0. The lowest BCUT2D eigenvalue weighted by atomic mass is 10.7. The Kier molecular flexibility index (Phi) is 3.01. The fourth-order valence-corrected chi connectivity index (χ4v) is 0.0527. The van der Waals surface area contributed by atoms with Crippen LogP contribution in [0.1, 0.15) is 0 Å². The van der Waals surface area contributed by atoms with Crippen LogP contribution in [0.3, 0.4) is 0 Å². The van der Waals surface area contributed by atoms with Crippen molar-refractivity contribution in [3.8, 4) is 0 Å². The predicted molar refractivity (Wildman–Crippen MR) is 20.8 cm³/mol. The van der Waals surface area contributed by atoms with Gasteiger partial charge in [-0.3, -0.25) is 0 Å². The summed E-state index contributed by atoms with van der Waals surface area (Å²) >= 11 is 0. The van der Waals surface area contributed by atoms with Crippen molar-refractivity contribution in [2.45, 2.75) is 0 Å². The van der Waals surface area contributed by atoms with Crippen LogP contribution >= 0.6 is 0 Å². The van der Waals surface area contributed by atoms with Crippen molar-refractivity contribution in [2.24, 2.45) is 5.73 Å². The monoisotopic (exact) mass is 69.0 g/mol. The van der Waals surface area contributed by atoms with Crippen molar-refractivity contribution in [3.05, 3.63) is 6.08 Å². The molecule has 27 valence electrons. The van der Waals surface area contributed by atoms with E-state index in [0.29, 0.717) is 6.54 Å². The smallest absolute Gasteiger partial charge is 0.0199 e. The van der Waals surface area contributed by atoms with E-state index >= 15 is 0 Å². The van der Waals surface area contributed by atoms with Crippen molar-refractivity contribution in [1.82, 2.24) is 5.41 Å². The zero-order valence-corrected chi connectivity index (χ0v) is 2.81. The van der Waals surface area contributed by atoms with Crippen molar-refractivity contribution in [1.29, 1.82) is 0 Å². The molecule has 0 atom stereocenters. The Morgan fingerprint density at radius 1 is 2.00 bits per heavy atom. The molecular weight excluding hydrogens is 64.0 g/mol. The molecule has 0 saturated heterocycles. The molecule has 1 radical (unpaired) electrons. The van der Waals surface area contributed by atoms with Gasteiger partial charge in [-0.05, 0) is 6.08 Å². The number of hydrogen-bond donors (Lipinski definition) is 1. The Hall–Kier alpha value is -0.590. The average molecular weight is 69.1 g/mol. The lowest BCUT2D eigenvalue weighted by Gasteiger charge is -1.60. The molecule has 0 amide bonds. The van der Waals surface area contributed by atoms with E-state index < -0.39 is 0 Å². The van der Waals surface area contributed by atoms with E-state index in [1.807, 2.05) is 0 Å². The first-order chi connectivity index (χ1) is 2.41. The fourth-order valence-electron chi connectivity index (χ4n) is 0.0527. The summed E-state index contributed by atoms with van der Waals surface area (Å²) in [7, 11) is 0. The van der Waals surface area contributed by atoms with Crippen LogP contribution in [0.2, 0.25) is 0 Å². The second-order valence-electron chi connectivity index (χ2n) is 0.569. The van der Waals surface area contributed by atoms with Crippen molar-refractivity contribution in [2.75, 3.05) is 6.54 Å². The van der Waals surface area contributed by atoms with E-state index in [-0.39, 0.29) is 0 Å². The Bertz CT molecular complexity index is 51.9. The molecule has 0 aromatic heterocycles. The van der Waals surface area contributed by atoms with Gasteiger partial charge in [0.05, 0.1) is 0 Å². The molecule has 0 aliphatic rings. The first-order valence-corrected chi connectivity index (χ1v) is 1.33. The highest BCUT2D eigenvalue weighted by atomic mass is 14.5. The molecule has 0 bridgehead atoms. The average Bonchev–Trinajstić information content (AvgIpc) is 1.41. The van der Waals surface area contributed by atoms with Crippen molar-refractivity contribution >= 4 is 5.87 Å². The molecule has 0 heterocycles. The van der Waals surface area contributed by atoms with Gasteiger partial charge in [0.15, 0.2) is 0 Å². The number of nitrogens with two attached hydrogens (primary N) is 1. The molecular formula is C3H5N2. The molecule has 2 heteroatoms. The van der Waals surface area contributed by atoms with E-state index in [1.54, 1.807) is 5.87 Å². The zero-order valence-electron chi connectivity index (χ0n) is 2.81. The van der Waals surface area contributed by atoms with Gasteiger partial charge in [-0.25, -0.2) is 0 Å². The first-order valence-electron chi connectivity index (χ1n) is 1.33. The topological polar surface area (TPSA) is 48.3 Å². The fraction of sp³-hybridized carbons (Fsp3) is 0.333. The Labute approximate surface area is 30.8 Å². The second-order valence-corrected chi connectivity index (χ2v) is 0.569. The normalized spacial score (nSPS) is 5.80. The van der Waals surface area contributed by atoms with Gasteiger partial charge in [-0.1, -0.05) is 5.41 Å². The van der Waals surface area contributed by atoms with Crippen LogP contribution in [-0.4, -0.2) is 12.4 Å². The summed E-state index contributed by atoms with van der Waals surface area (Å²) in [5, 5.41) is 7.68. The van der Waals surface area contributed by atoms with Crippen molar-refractivity contribution in [3.63, 3.8) is 0 Å². The van der Waals surface area contributed by atoms with Gasteiger partial charge in [0.2, 0.25) is 0 Å². The summed E-state index contributed by atoms with van der Waals surface area (Å²) in [6.45, 7) is 0.358. The number of hydrogen-bond acceptors (Lipinski definition) is 1. The Balaban J connectivity index is 2.93. The third-order valence-electron chi connectivity index (χ3n) is 0.209. The molecule has 0 aliphatic carbocycles. The first kappa shape index (κ1) is 4.41. The maximum absolute atomic E-state index is 7.68. The summed E-state index contributed by atoms with van der Waals surface area (Å²) in [6.07, 6.45) is 1.33. The van der Waals surface area contributed by atoms with E-state index in [9.17, 15) is 0 Å². The van der Waals surface area contributed by atoms with Crippen LogP contribution in [0.4, 0.5) is 0 Å². The SMILES string of the molecule is [N]=C=CCN. The van der Waals surface area contributed by atoms with E-state index in [0.717, 1.165) is 0 Å². The minimum atomic E-state index is 0.358. The molecule has 0 fully saturated rings. The van der Waals surface area contributed by atoms with Gasteiger partial charge in [0.25, 0.3) is 0 Å². The lowest BCUT2D eigenvalue weighted by molar-refractivity contribution is 1.27. The van der Waals surface area contributed by atoms with Gasteiger partial charge < -0.3 is 5.73 Å². The maximum atomic E-state index is 7.68. The number of nitrogens with zero attached hydrogens (tertiary/aromatic N) is 1. The third kappa shape index (κ3) is 3.41. The predicted octanol–water partition coefficient (Wildman–Crippen LogP) is -1.03. The number of rotatable bonds is 1. The maximum Gasteiger partial charge on any atom is 0.0199 e. The molecule has 0 aliphatic heterocycles. The second kappa shape index (κ2) is 3.41. The Morgan fingerprint density at radius 3 is 2.60 bits per heavy atom. The summed E-state index contributed by atoms with van der Waals surface area (Å²) in [5.74, 6) is 1.77. The summed E-state index contributed by atoms with van der Waals surface area (Å²) in [4.78, 5) is 0. The highest BCUT2D eigenvalue weighted by Crippen LogP contribution is 1.38. The van der Waals surface area contributed by atoms with Gasteiger partial charge in [-0.15, -0.1) is 0 Å². The minimum Gasteiger partial charge on any atom is -0.326 e. The van der Waals surface area contributed by atoms with Crippen LogP contribution in [0.25, 0.3) is 0 Å². The molecule has 0 aromatic rings. The van der Waals surface area contributed by atoms with Gasteiger partial charge in [-0.2, -0.15) is 0 Å². The molecule has 0 rings (SSSR count). The van der Waals surface area contributed by atoms with Gasteiger partial charge in [0, 0.05) is 12.4 Å². The summed E-state index contributed by atoms with van der Waals surface area (Å²) in [6, 6.07) is 0. The molecule has 0 aromatic carbocycles. The molecule has 0 saturated carbocycles. The van der Waals surface area contributed by atoms with E-state index in [2.05, 4.69) is 0 Å². The zero-order chi connectivity index (χ0) is 4.12. The van der Waals surface area contributed by atoms with Crippen LogP contribution in [-0.2, 0) is 0 Å². The highest BCUT2D eigenvalue weighted by molar-refractivity contribution is 5.48. The van der Waals surface area contributed by atoms with Gasteiger partial charge >= 0.3 is 0 Å². The third-order valence-corrected chi connectivity index (χ3v) is 0.209. The van der Waals surface area contributed by atoms with E-state index in [1.165, 1.54) is 6.08 Å². The standard InChI is InChI=1S/C3H5N2/c4-2-1-3-5/h1H,2,4H2. The molecule has 0 unspecified atom stereocenters. The molecule has 2 N–H and O–H groups in total. The minimum absolute atomic E-state index is 0.358. The van der Waals surface area contributed by atoms with Gasteiger partial charge in [0.1, 0.15) is 0 Å². The quantitative estimate of drug-likeness (QED) is 0.393. The van der Waals surface area contributed by atoms with Crippen LogP contribution in [0, 0.1) is 0 Å². The lowest BCUT2D eigenvalue weighted by Crippen LogP contribution is -1.91. The largest absolute Gasteiger partial charge is 0.326 e. The highest BCUT2D eigenvalue weighted by Gasteiger charge is 1.50. The van der Waals surface area contributed by atoms with Crippen LogP contribution in [0.5, 0.6) is 0 Å². The molecule has 2 nitrogen and oxygen atoms in total. The molecule has 0 spiro atoms.